The Morgan fingerprint density at radius 3 is 2.54 bits per heavy atom. The van der Waals surface area contributed by atoms with E-state index in [1.165, 1.54) is 18.2 Å². The van der Waals surface area contributed by atoms with Gasteiger partial charge in [-0.1, -0.05) is 49.8 Å². The van der Waals surface area contributed by atoms with E-state index in [9.17, 15) is 4.79 Å². The minimum atomic E-state index is -0.613. The number of carbonyl (C=O) groups excluding carboxylic acids is 1. The number of carbonyl (C=O) groups is 1. The van der Waals surface area contributed by atoms with Gasteiger partial charge in [-0.15, -0.1) is 0 Å². The van der Waals surface area contributed by atoms with E-state index < -0.39 is 5.41 Å². The molecule has 2 atom stereocenters. The topological polar surface area (TPSA) is 35.5 Å². The van der Waals surface area contributed by atoms with Crippen LogP contribution in [0.5, 0.6) is 5.75 Å². The molecule has 1 aliphatic carbocycles. The molecule has 3 nitrogen and oxygen atoms in total. The van der Waals surface area contributed by atoms with Crippen LogP contribution in [0.25, 0.3) is 6.08 Å². The highest BCUT2D eigenvalue weighted by Crippen LogP contribution is 2.71. The van der Waals surface area contributed by atoms with E-state index >= 15 is 0 Å². The summed E-state index contributed by atoms with van der Waals surface area (Å²) < 4.78 is 11.2. The number of rotatable bonds is 4. The van der Waals surface area contributed by atoms with Gasteiger partial charge in [-0.25, -0.2) is 0 Å². The largest absolute Gasteiger partial charge is 0.487 e. The Labute approximate surface area is 157 Å². The van der Waals surface area contributed by atoms with Crippen molar-refractivity contribution >= 4 is 12.0 Å². The highest BCUT2D eigenvalue weighted by molar-refractivity contribution is 5.87. The molecule has 2 aliphatic rings. The maximum Gasteiger partial charge on any atom is 0.316 e. The number of methoxy groups -OCH3 is 1. The first-order chi connectivity index (χ1) is 12.0. The zero-order valence-electron chi connectivity index (χ0n) is 17.0. The molecule has 2 unspecified atom stereocenters. The van der Waals surface area contributed by atoms with Crippen LogP contribution >= 0.6 is 0 Å². The molecule has 1 fully saturated rings. The van der Waals surface area contributed by atoms with Gasteiger partial charge in [0.1, 0.15) is 11.4 Å². The second kappa shape index (κ2) is 6.00. The van der Waals surface area contributed by atoms with Crippen LogP contribution in [0, 0.1) is 16.7 Å². The van der Waals surface area contributed by atoms with Crippen molar-refractivity contribution in [2.75, 3.05) is 7.11 Å². The molecule has 1 aromatic carbocycles. The molecule has 3 heteroatoms. The SMILES string of the molecule is COC(=O)C1(C=Cc2ccc3c(c2)OC(C)(C)C3)C(C=C(C)C)C1(C)C. The van der Waals surface area contributed by atoms with E-state index in [4.69, 9.17) is 9.47 Å². The Bertz CT molecular complexity index is 794. The van der Waals surface area contributed by atoms with Crippen LogP contribution in [-0.4, -0.2) is 18.7 Å². The van der Waals surface area contributed by atoms with Crippen molar-refractivity contribution in [3.05, 3.63) is 47.1 Å². The first-order valence-electron chi connectivity index (χ1n) is 9.28. The third-order valence-electron chi connectivity index (χ3n) is 5.91. The van der Waals surface area contributed by atoms with E-state index in [-0.39, 0.29) is 22.9 Å². The number of benzene rings is 1. The van der Waals surface area contributed by atoms with Gasteiger partial charge >= 0.3 is 5.97 Å². The van der Waals surface area contributed by atoms with Crippen LogP contribution in [0.3, 0.4) is 0 Å². The Morgan fingerprint density at radius 2 is 1.92 bits per heavy atom. The van der Waals surface area contributed by atoms with Gasteiger partial charge in [0.15, 0.2) is 0 Å². The summed E-state index contributed by atoms with van der Waals surface area (Å²) >= 11 is 0. The van der Waals surface area contributed by atoms with E-state index in [1.54, 1.807) is 0 Å². The van der Waals surface area contributed by atoms with Crippen molar-refractivity contribution in [3.63, 3.8) is 0 Å². The Kier molecular flexibility index (Phi) is 4.33. The van der Waals surface area contributed by atoms with Gasteiger partial charge in [-0.3, -0.25) is 4.79 Å². The van der Waals surface area contributed by atoms with Crippen LogP contribution in [0.2, 0.25) is 0 Å². The molecule has 0 N–H and O–H groups in total. The molecule has 0 aromatic heterocycles. The first kappa shape index (κ1) is 18.8. The highest BCUT2D eigenvalue weighted by Gasteiger charge is 2.73. The van der Waals surface area contributed by atoms with Gasteiger partial charge in [0.05, 0.1) is 12.5 Å². The quantitative estimate of drug-likeness (QED) is 0.551. The van der Waals surface area contributed by atoms with Crippen molar-refractivity contribution in [2.45, 2.75) is 53.6 Å². The molecular weight excluding hydrogens is 324 g/mol. The molecule has 3 rings (SSSR count). The third kappa shape index (κ3) is 2.87. The summed E-state index contributed by atoms with van der Waals surface area (Å²) in [5, 5.41) is 0. The number of ether oxygens (including phenoxy) is 2. The van der Waals surface area contributed by atoms with Gasteiger partial charge in [0, 0.05) is 12.3 Å². The summed E-state index contributed by atoms with van der Waals surface area (Å²) in [5.74, 6) is 0.924. The molecule has 1 aliphatic heterocycles. The first-order valence-corrected chi connectivity index (χ1v) is 9.28. The van der Waals surface area contributed by atoms with Crippen molar-refractivity contribution < 1.29 is 14.3 Å². The maximum absolute atomic E-state index is 12.7. The average molecular weight is 354 g/mol. The van der Waals surface area contributed by atoms with Gasteiger partial charge < -0.3 is 9.47 Å². The van der Waals surface area contributed by atoms with Crippen LogP contribution in [0.1, 0.15) is 52.7 Å². The molecule has 140 valence electrons. The minimum Gasteiger partial charge on any atom is -0.487 e. The zero-order chi connectivity index (χ0) is 19.3. The molecular formula is C23H30O3. The maximum atomic E-state index is 12.7. The Morgan fingerprint density at radius 1 is 1.23 bits per heavy atom. The fourth-order valence-corrected chi connectivity index (χ4v) is 4.39. The summed E-state index contributed by atoms with van der Waals surface area (Å²) in [4.78, 5) is 12.7. The molecule has 1 heterocycles. The molecule has 0 radical (unpaired) electrons. The Hall–Kier alpha value is -2.03. The molecule has 1 saturated carbocycles. The second-order valence-electron chi connectivity index (χ2n) is 9.04. The third-order valence-corrected chi connectivity index (χ3v) is 5.91. The number of allylic oxidation sites excluding steroid dienone is 2. The monoisotopic (exact) mass is 354 g/mol. The lowest BCUT2D eigenvalue weighted by Gasteiger charge is -2.16. The van der Waals surface area contributed by atoms with E-state index in [2.05, 4.69) is 65.8 Å². The van der Waals surface area contributed by atoms with Crippen LogP contribution in [-0.2, 0) is 16.0 Å². The summed E-state index contributed by atoms with van der Waals surface area (Å²) in [6.45, 7) is 12.6. The fraction of sp³-hybridized carbons (Fsp3) is 0.522. The Balaban J connectivity index is 1.93. The zero-order valence-corrected chi connectivity index (χ0v) is 17.0. The van der Waals surface area contributed by atoms with Crippen LogP contribution < -0.4 is 4.74 Å². The average Bonchev–Trinajstić information content (AvgIpc) is 2.83. The van der Waals surface area contributed by atoms with E-state index in [0.29, 0.717) is 0 Å². The summed E-state index contributed by atoms with van der Waals surface area (Å²) in [5.41, 5.74) is 2.58. The second-order valence-corrected chi connectivity index (χ2v) is 9.04. The van der Waals surface area contributed by atoms with Gasteiger partial charge in [0.2, 0.25) is 0 Å². The number of esters is 1. The molecule has 0 saturated heterocycles. The van der Waals surface area contributed by atoms with Crippen molar-refractivity contribution in [3.8, 4) is 5.75 Å². The van der Waals surface area contributed by atoms with Gasteiger partial charge in [-0.2, -0.15) is 0 Å². The van der Waals surface area contributed by atoms with Crippen molar-refractivity contribution in [1.29, 1.82) is 0 Å². The van der Waals surface area contributed by atoms with Crippen LogP contribution in [0.4, 0.5) is 0 Å². The van der Waals surface area contributed by atoms with Crippen LogP contribution in [0.15, 0.2) is 35.9 Å². The standard InChI is InChI=1S/C23H30O3/c1-15(2)12-19-22(5,6)23(19,20(24)25-7)11-10-16-8-9-17-14-21(3,4)26-18(17)13-16/h8-13,19H,14H2,1-7H3. The van der Waals surface area contributed by atoms with E-state index in [0.717, 1.165) is 17.7 Å². The minimum absolute atomic E-state index is 0.147. The smallest absolute Gasteiger partial charge is 0.316 e. The molecule has 1 aromatic rings. The van der Waals surface area contributed by atoms with Gasteiger partial charge in [-0.05, 0) is 50.3 Å². The number of hydrogen-bond acceptors (Lipinski definition) is 3. The highest BCUT2D eigenvalue weighted by atomic mass is 16.5. The van der Waals surface area contributed by atoms with Crippen molar-refractivity contribution in [1.82, 2.24) is 0 Å². The fourth-order valence-electron chi connectivity index (χ4n) is 4.39. The number of hydrogen-bond donors (Lipinski definition) is 0. The summed E-state index contributed by atoms with van der Waals surface area (Å²) in [7, 11) is 1.47. The van der Waals surface area contributed by atoms with Crippen molar-refractivity contribution in [2.24, 2.45) is 16.7 Å². The van der Waals surface area contributed by atoms with E-state index in [1.807, 2.05) is 12.2 Å². The summed E-state index contributed by atoms with van der Waals surface area (Å²) in [6.07, 6.45) is 7.18. The lowest BCUT2D eigenvalue weighted by atomic mass is 9.94. The number of fused-ring (bicyclic) bond motifs is 1. The molecule has 0 amide bonds. The molecule has 0 bridgehead atoms. The predicted octanol–water partition coefficient (Wildman–Crippen LogP) is 5.19. The van der Waals surface area contributed by atoms with Gasteiger partial charge in [0.25, 0.3) is 0 Å². The predicted molar refractivity (Wildman–Crippen MR) is 105 cm³/mol. The summed E-state index contributed by atoms with van der Waals surface area (Å²) in [6, 6.07) is 6.29. The molecule has 0 spiro atoms. The lowest BCUT2D eigenvalue weighted by Crippen LogP contribution is -2.24. The lowest BCUT2D eigenvalue weighted by molar-refractivity contribution is -0.146. The normalized spacial score (nSPS) is 27.6. The molecule has 26 heavy (non-hydrogen) atoms.